The first kappa shape index (κ1) is 20.9. The Balaban J connectivity index is 1.81. The summed E-state index contributed by atoms with van der Waals surface area (Å²) in [6.07, 6.45) is 0. The summed E-state index contributed by atoms with van der Waals surface area (Å²) in [6.45, 7) is 2.16. The molecule has 152 valence electrons. The standard InChI is InChI=1S/C22H23ClN2O4/c1-13-9-20-16(10-17(13)23)19(26)11-21(29-20)22(27)24-12-18(25(2)3)14-5-7-15(28-4)8-6-14/h5-11,18H,12H2,1-4H3,(H,24,27)/t18-/m0/s1. The van der Waals surface area contributed by atoms with Crippen molar-refractivity contribution in [3.05, 3.63) is 74.6 Å². The lowest BCUT2D eigenvalue weighted by Crippen LogP contribution is -2.34. The number of hydrogen-bond donors (Lipinski definition) is 1. The number of benzene rings is 2. The summed E-state index contributed by atoms with van der Waals surface area (Å²) in [4.78, 5) is 27.0. The third-order valence-electron chi connectivity index (χ3n) is 4.81. The van der Waals surface area contributed by atoms with Crippen molar-refractivity contribution in [2.24, 2.45) is 0 Å². The largest absolute Gasteiger partial charge is 0.497 e. The lowest BCUT2D eigenvalue weighted by molar-refractivity contribution is 0.0914. The number of methoxy groups -OCH3 is 1. The number of halogens is 1. The Morgan fingerprint density at radius 2 is 1.90 bits per heavy atom. The first-order valence-electron chi connectivity index (χ1n) is 9.12. The van der Waals surface area contributed by atoms with Gasteiger partial charge in [-0.1, -0.05) is 23.7 Å². The zero-order chi connectivity index (χ0) is 21.1. The van der Waals surface area contributed by atoms with Gasteiger partial charge in [0.15, 0.2) is 11.2 Å². The number of fused-ring (bicyclic) bond motifs is 1. The molecule has 0 bridgehead atoms. The predicted molar refractivity (Wildman–Crippen MR) is 114 cm³/mol. The van der Waals surface area contributed by atoms with E-state index in [2.05, 4.69) is 5.32 Å². The molecule has 2 aromatic carbocycles. The molecule has 1 atom stereocenters. The molecule has 29 heavy (non-hydrogen) atoms. The highest BCUT2D eigenvalue weighted by Gasteiger charge is 2.18. The average Bonchev–Trinajstić information content (AvgIpc) is 2.69. The predicted octanol–water partition coefficient (Wildman–Crippen LogP) is 3.80. The summed E-state index contributed by atoms with van der Waals surface area (Å²) in [5.74, 6) is 0.289. The van der Waals surface area contributed by atoms with E-state index in [4.69, 9.17) is 20.8 Å². The molecule has 1 aromatic heterocycles. The lowest BCUT2D eigenvalue weighted by Gasteiger charge is -2.25. The van der Waals surface area contributed by atoms with Crippen LogP contribution < -0.4 is 15.5 Å². The van der Waals surface area contributed by atoms with Crippen molar-refractivity contribution >= 4 is 28.5 Å². The van der Waals surface area contributed by atoms with E-state index in [1.54, 1.807) is 19.2 Å². The minimum Gasteiger partial charge on any atom is -0.497 e. The Bertz CT molecular complexity index is 1090. The van der Waals surface area contributed by atoms with Crippen LogP contribution in [-0.2, 0) is 0 Å². The lowest BCUT2D eigenvalue weighted by atomic mass is 10.1. The summed E-state index contributed by atoms with van der Waals surface area (Å²) >= 11 is 6.08. The Morgan fingerprint density at radius 1 is 1.21 bits per heavy atom. The second-order valence-electron chi connectivity index (χ2n) is 7.04. The van der Waals surface area contributed by atoms with Crippen LogP contribution in [-0.4, -0.2) is 38.6 Å². The maximum Gasteiger partial charge on any atom is 0.287 e. The van der Waals surface area contributed by atoms with Crippen molar-refractivity contribution in [3.63, 3.8) is 0 Å². The minimum absolute atomic E-state index is 0.0311. The molecule has 6 nitrogen and oxygen atoms in total. The van der Waals surface area contributed by atoms with Gasteiger partial charge in [-0.15, -0.1) is 0 Å². The Labute approximate surface area is 174 Å². The van der Waals surface area contributed by atoms with Crippen molar-refractivity contribution in [1.29, 1.82) is 0 Å². The number of carbonyl (C=O) groups excluding carboxylic acids is 1. The molecule has 0 aliphatic heterocycles. The van der Waals surface area contributed by atoms with Gasteiger partial charge >= 0.3 is 0 Å². The smallest absolute Gasteiger partial charge is 0.287 e. The summed E-state index contributed by atoms with van der Waals surface area (Å²) < 4.78 is 10.9. The normalized spacial score (nSPS) is 12.2. The van der Waals surface area contributed by atoms with Gasteiger partial charge in [-0.3, -0.25) is 9.59 Å². The molecule has 0 spiro atoms. The summed E-state index contributed by atoms with van der Waals surface area (Å²) in [5, 5.41) is 3.69. The molecule has 7 heteroatoms. The van der Waals surface area contributed by atoms with Gasteiger partial charge in [-0.05, 0) is 56.4 Å². The zero-order valence-electron chi connectivity index (χ0n) is 16.8. The van der Waals surface area contributed by atoms with E-state index in [-0.39, 0.29) is 17.2 Å². The van der Waals surface area contributed by atoms with Crippen LogP contribution in [0.4, 0.5) is 0 Å². The van der Waals surface area contributed by atoms with E-state index in [0.717, 1.165) is 16.9 Å². The molecule has 0 unspecified atom stereocenters. The molecule has 0 aliphatic carbocycles. The Kier molecular flexibility index (Phi) is 6.25. The van der Waals surface area contributed by atoms with E-state index < -0.39 is 5.91 Å². The van der Waals surface area contributed by atoms with Crippen LogP contribution in [0.5, 0.6) is 5.75 Å². The molecule has 0 radical (unpaired) electrons. The van der Waals surface area contributed by atoms with Crippen LogP contribution in [0.1, 0.15) is 27.7 Å². The SMILES string of the molecule is COc1ccc([C@H](CNC(=O)c2cc(=O)c3cc(Cl)c(C)cc3o2)N(C)C)cc1. The van der Waals surface area contributed by atoms with E-state index in [0.29, 0.717) is 22.5 Å². The zero-order valence-corrected chi connectivity index (χ0v) is 17.5. The summed E-state index contributed by atoms with van der Waals surface area (Å²) in [5.41, 5.74) is 1.83. The molecule has 3 aromatic rings. The highest BCUT2D eigenvalue weighted by molar-refractivity contribution is 6.32. The fourth-order valence-corrected chi connectivity index (χ4v) is 3.25. The molecule has 1 heterocycles. The van der Waals surface area contributed by atoms with Crippen molar-refractivity contribution in [1.82, 2.24) is 10.2 Å². The van der Waals surface area contributed by atoms with Crippen molar-refractivity contribution in [2.75, 3.05) is 27.7 Å². The number of aryl methyl sites for hydroxylation is 1. The van der Waals surface area contributed by atoms with Gasteiger partial charge in [0.2, 0.25) is 0 Å². The summed E-state index contributed by atoms with van der Waals surface area (Å²) in [7, 11) is 5.49. The van der Waals surface area contributed by atoms with Crippen LogP contribution >= 0.6 is 11.6 Å². The molecule has 0 saturated heterocycles. The second kappa shape index (κ2) is 8.68. The van der Waals surface area contributed by atoms with Crippen molar-refractivity contribution in [3.8, 4) is 5.75 Å². The van der Waals surface area contributed by atoms with Crippen LogP contribution in [0.2, 0.25) is 5.02 Å². The van der Waals surface area contributed by atoms with E-state index >= 15 is 0 Å². The highest BCUT2D eigenvalue weighted by atomic mass is 35.5. The van der Waals surface area contributed by atoms with Crippen molar-refractivity contribution in [2.45, 2.75) is 13.0 Å². The fraction of sp³-hybridized carbons (Fsp3) is 0.273. The van der Waals surface area contributed by atoms with E-state index in [9.17, 15) is 9.59 Å². The molecule has 1 amide bonds. The Morgan fingerprint density at radius 3 is 2.52 bits per heavy atom. The fourth-order valence-electron chi connectivity index (χ4n) is 3.09. The molecule has 0 aliphatic rings. The first-order valence-corrected chi connectivity index (χ1v) is 9.50. The van der Waals surface area contributed by atoms with Gasteiger partial charge in [-0.25, -0.2) is 0 Å². The maximum atomic E-state index is 12.6. The molecule has 3 rings (SSSR count). The topological polar surface area (TPSA) is 71.8 Å². The van der Waals surface area contributed by atoms with Crippen LogP contribution in [0.15, 0.2) is 51.7 Å². The van der Waals surface area contributed by atoms with E-state index in [1.807, 2.05) is 50.2 Å². The highest BCUT2D eigenvalue weighted by Crippen LogP contribution is 2.23. The number of nitrogens with one attached hydrogen (secondary N) is 1. The molecule has 0 fully saturated rings. The number of likely N-dealkylation sites (N-methyl/N-ethyl adjacent to an activating group) is 1. The third kappa shape index (κ3) is 4.60. The van der Waals surface area contributed by atoms with Gasteiger partial charge in [0.1, 0.15) is 11.3 Å². The molecule has 0 saturated carbocycles. The van der Waals surface area contributed by atoms with E-state index in [1.165, 1.54) is 6.07 Å². The molecular weight excluding hydrogens is 392 g/mol. The van der Waals surface area contributed by atoms with Gasteiger partial charge in [-0.2, -0.15) is 0 Å². The number of amides is 1. The monoisotopic (exact) mass is 414 g/mol. The number of carbonyl (C=O) groups is 1. The van der Waals surface area contributed by atoms with Crippen LogP contribution in [0.3, 0.4) is 0 Å². The van der Waals surface area contributed by atoms with Gasteiger partial charge in [0.05, 0.1) is 18.5 Å². The Hall–Kier alpha value is -2.83. The summed E-state index contributed by atoms with van der Waals surface area (Å²) in [6, 6.07) is 12.0. The van der Waals surface area contributed by atoms with Gasteiger partial charge in [0, 0.05) is 17.6 Å². The van der Waals surface area contributed by atoms with Crippen LogP contribution in [0, 0.1) is 6.92 Å². The number of ether oxygens (including phenoxy) is 1. The van der Waals surface area contributed by atoms with Gasteiger partial charge < -0.3 is 19.4 Å². The number of rotatable bonds is 6. The first-order chi connectivity index (χ1) is 13.8. The third-order valence-corrected chi connectivity index (χ3v) is 5.22. The molecule has 1 N–H and O–H groups in total. The maximum absolute atomic E-state index is 12.6. The van der Waals surface area contributed by atoms with Crippen LogP contribution in [0.25, 0.3) is 11.0 Å². The number of hydrogen-bond acceptors (Lipinski definition) is 5. The van der Waals surface area contributed by atoms with Gasteiger partial charge in [0.25, 0.3) is 5.91 Å². The number of nitrogens with zero attached hydrogens (tertiary/aromatic N) is 1. The quantitative estimate of drug-likeness (QED) is 0.664. The minimum atomic E-state index is -0.447. The molecular formula is C22H23ClN2O4. The van der Waals surface area contributed by atoms with Crippen molar-refractivity contribution < 1.29 is 13.9 Å². The second-order valence-corrected chi connectivity index (χ2v) is 7.44. The average molecular weight is 415 g/mol.